The molecule has 0 unspecified atom stereocenters. The lowest BCUT2D eigenvalue weighted by Gasteiger charge is -2.06. The first kappa shape index (κ1) is 16.5. The van der Waals surface area contributed by atoms with E-state index >= 15 is 0 Å². The van der Waals surface area contributed by atoms with Crippen LogP contribution in [-0.2, 0) is 13.6 Å². The van der Waals surface area contributed by atoms with E-state index in [1.807, 2.05) is 6.07 Å². The number of rotatable bonds is 4. The maximum absolute atomic E-state index is 12.1. The van der Waals surface area contributed by atoms with Gasteiger partial charge in [-0.15, -0.1) is 0 Å². The summed E-state index contributed by atoms with van der Waals surface area (Å²) in [6, 6.07) is 3.56. The predicted octanol–water partition coefficient (Wildman–Crippen LogP) is 1.90. The Morgan fingerprint density at radius 2 is 2.32 bits per heavy atom. The maximum atomic E-state index is 12.1. The molecule has 116 valence electrons. The van der Waals surface area contributed by atoms with Crippen LogP contribution in [0.25, 0.3) is 0 Å². The zero-order valence-electron chi connectivity index (χ0n) is 12.1. The topological polar surface area (TPSA) is 78.2 Å². The van der Waals surface area contributed by atoms with Gasteiger partial charge in [-0.1, -0.05) is 17.7 Å². The highest BCUT2D eigenvalue weighted by Gasteiger charge is 2.16. The van der Waals surface area contributed by atoms with Crippen molar-refractivity contribution in [3.8, 4) is 0 Å². The standard InChI is InChI=1S/C14H15BrClN5O/c1-18-12(11(15)6-17)10-7-19-21(13(10)16)8-9-4-3-5-20(2)14(9)22/h3-7H,8,17H2,1-2H3/b11-6+,18-12?. The van der Waals surface area contributed by atoms with Crippen LogP contribution in [0.2, 0.25) is 5.15 Å². The van der Waals surface area contributed by atoms with Gasteiger partial charge in [0.25, 0.3) is 5.56 Å². The van der Waals surface area contributed by atoms with Gasteiger partial charge in [-0.25, -0.2) is 4.68 Å². The molecule has 0 saturated heterocycles. The van der Waals surface area contributed by atoms with E-state index in [1.165, 1.54) is 10.8 Å². The Balaban J connectivity index is 2.40. The van der Waals surface area contributed by atoms with E-state index in [2.05, 4.69) is 26.0 Å². The first-order valence-electron chi connectivity index (χ1n) is 6.40. The molecular weight excluding hydrogens is 370 g/mol. The number of aliphatic imine (C=N–C) groups is 1. The molecule has 0 radical (unpaired) electrons. The number of aromatic nitrogens is 3. The number of hydrogen-bond acceptors (Lipinski definition) is 4. The van der Waals surface area contributed by atoms with Crippen LogP contribution in [-0.4, -0.2) is 27.1 Å². The van der Waals surface area contributed by atoms with Gasteiger partial charge in [-0.05, 0) is 22.0 Å². The molecule has 0 amide bonds. The van der Waals surface area contributed by atoms with Gasteiger partial charge >= 0.3 is 0 Å². The molecule has 2 N–H and O–H groups in total. The lowest BCUT2D eigenvalue weighted by molar-refractivity contribution is 0.672. The van der Waals surface area contributed by atoms with Crippen molar-refractivity contribution in [2.45, 2.75) is 6.54 Å². The average molecular weight is 385 g/mol. The number of allylic oxidation sites excluding steroid dienone is 1. The smallest absolute Gasteiger partial charge is 0.255 e. The lowest BCUT2D eigenvalue weighted by atomic mass is 10.2. The second-order valence-corrected chi connectivity index (χ2v) is 5.76. The molecule has 2 heterocycles. The second-order valence-electron chi connectivity index (χ2n) is 4.54. The largest absolute Gasteiger partial charge is 0.404 e. The van der Waals surface area contributed by atoms with E-state index in [9.17, 15) is 4.79 Å². The van der Waals surface area contributed by atoms with E-state index in [0.717, 1.165) is 0 Å². The van der Waals surface area contributed by atoms with Gasteiger partial charge in [0.1, 0.15) is 5.15 Å². The average Bonchev–Trinajstić information content (AvgIpc) is 2.86. The summed E-state index contributed by atoms with van der Waals surface area (Å²) in [5, 5.41) is 4.63. The highest BCUT2D eigenvalue weighted by Crippen LogP contribution is 2.22. The summed E-state index contributed by atoms with van der Waals surface area (Å²) >= 11 is 9.69. The number of nitrogens with two attached hydrogens (primary N) is 1. The fourth-order valence-corrected chi connectivity index (χ4v) is 2.64. The van der Waals surface area contributed by atoms with E-state index in [1.54, 1.807) is 37.2 Å². The van der Waals surface area contributed by atoms with Crippen LogP contribution in [0.15, 0.2) is 45.0 Å². The van der Waals surface area contributed by atoms with Crippen molar-refractivity contribution < 1.29 is 0 Å². The lowest BCUT2D eigenvalue weighted by Crippen LogP contribution is -2.22. The van der Waals surface area contributed by atoms with Crippen molar-refractivity contribution in [3.05, 3.63) is 61.8 Å². The Morgan fingerprint density at radius 1 is 1.59 bits per heavy atom. The molecule has 2 rings (SSSR count). The third-order valence-corrected chi connectivity index (χ3v) is 4.19. The van der Waals surface area contributed by atoms with Crippen molar-refractivity contribution >= 4 is 33.2 Å². The molecular formula is C14H15BrClN5O. The van der Waals surface area contributed by atoms with Gasteiger partial charge in [-0.2, -0.15) is 5.10 Å². The number of hydrogen-bond donors (Lipinski definition) is 1. The summed E-state index contributed by atoms with van der Waals surface area (Å²) in [5.74, 6) is 0. The van der Waals surface area contributed by atoms with Gasteiger partial charge in [0.2, 0.25) is 0 Å². The summed E-state index contributed by atoms with van der Waals surface area (Å²) in [6.07, 6.45) is 4.69. The molecule has 0 fully saturated rings. The molecule has 0 aromatic carbocycles. The SMILES string of the molecule is CN=C(/C(Br)=C\N)c1cnn(Cc2cccn(C)c2=O)c1Cl. The van der Waals surface area contributed by atoms with Crippen molar-refractivity contribution in [2.75, 3.05) is 7.05 Å². The highest BCUT2D eigenvalue weighted by atomic mass is 79.9. The normalized spacial score (nSPS) is 12.7. The van der Waals surface area contributed by atoms with Crippen LogP contribution < -0.4 is 11.3 Å². The van der Waals surface area contributed by atoms with Gasteiger partial charge in [-0.3, -0.25) is 9.79 Å². The molecule has 6 nitrogen and oxygen atoms in total. The molecule has 8 heteroatoms. The molecule has 0 aliphatic rings. The first-order valence-corrected chi connectivity index (χ1v) is 7.57. The molecule has 0 saturated carbocycles. The third kappa shape index (κ3) is 3.15. The monoisotopic (exact) mass is 383 g/mol. The van der Waals surface area contributed by atoms with Crippen molar-refractivity contribution in [1.29, 1.82) is 0 Å². The van der Waals surface area contributed by atoms with Crippen molar-refractivity contribution in [1.82, 2.24) is 14.3 Å². The molecule has 0 spiro atoms. The molecule has 22 heavy (non-hydrogen) atoms. The van der Waals surface area contributed by atoms with Crippen LogP contribution in [0.3, 0.4) is 0 Å². The number of halogens is 2. The Bertz CT molecular complexity index is 806. The molecule has 0 aliphatic carbocycles. The molecule has 0 bridgehead atoms. The molecule has 0 atom stereocenters. The van der Waals surface area contributed by atoms with Gasteiger partial charge in [0.05, 0.1) is 28.5 Å². The van der Waals surface area contributed by atoms with Crippen LogP contribution >= 0.6 is 27.5 Å². The van der Waals surface area contributed by atoms with Crippen molar-refractivity contribution in [2.24, 2.45) is 17.8 Å². The van der Waals surface area contributed by atoms with Crippen LogP contribution in [0.5, 0.6) is 0 Å². The maximum Gasteiger partial charge on any atom is 0.255 e. The van der Waals surface area contributed by atoms with E-state index in [0.29, 0.717) is 26.5 Å². The van der Waals surface area contributed by atoms with E-state index < -0.39 is 0 Å². The minimum absolute atomic E-state index is 0.0805. The zero-order chi connectivity index (χ0) is 16.3. The first-order chi connectivity index (χ1) is 10.5. The number of pyridine rings is 1. The summed E-state index contributed by atoms with van der Waals surface area (Å²) in [5.41, 5.74) is 7.26. The fraction of sp³-hybridized carbons (Fsp3) is 0.214. The van der Waals surface area contributed by atoms with Crippen LogP contribution in [0, 0.1) is 0 Å². The Hall–Kier alpha value is -1.86. The molecule has 2 aromatic heterocycles. The summed E-state index contributed by atoms with van der Waals surface area (Å²) in [6.45, 7) is 0.285. The summed E-state index contributed by atoms with van der Waals surface area (Å²) < 4.78 is 3.68. The second kappa shape index (κ2) is 6.93. The van der Waals surface area contributed by atoms with Crippen molar-refractivity contribution in [3.63, 3.8) is 0 Å². The fourth-order valence-electron chi connectivity index (χ4n) is 2.01. The number of aryl methyl sites for hydroxylation is 1. The van der Waals surface area contributed by atoms with Crippen LogP contribution in [0.4, 0.5) is 0 Å². The van der Waals surface area contributed by atoms with Gasteiger partial charge in [0, 0.05) is 32.1 Å². The van der Waals surface area contributed by atoms with Gasteiger partial charge in [0.15, 0.2) is 0 Å². The summed E-state index contributed by atoms with van der Waals surface area (Å²) in [4.78, 5) is 16.2. The Kier molecular flexibility index (Phi) is 5.20. The van der Waals surface area contributed by atoms with Crippen LogP contribution in [0.1, 0.15) is 11.1 Å². The molecule has 0 aliphatic heterocycles. The number of nitrogens with zero attached hydrogens (tertiary/aromatic N) is 4. The quantitative estimate of drug-likeness (QED) is 0.818. The van der Waals surface area contributed by atoms with Gasteiger partial charge < -0.3 is 10.3 Å². The minimum atomic E-state index is -0.0805. The molecule has 2 aromatic rings. The Morgan fingerprint density at radius 3 is 2.95 bits per heavy atom. The third-order valence-electron chi connectivity index (χ3n) is 3.15. The van der Waals surface area contributed by atoms with E-state index in [4.69, 9.17) is 17.3 Å². The highest BCUT2D eigenvalue weighted by molar-refractivity contribution is 9.12. The zero-order valence-corrected chi connectivity index (χ0v) is 14.5. The Labute approximate surface area is 141 Å². The summed E-state index contributed by atoms with van der Waals surface area (Å²) in [7, 11) is 3.34. The van der Waals surface area contributed by atoms with E-state index in [-0.39, 0.29) is 12.1 Å². The minimum Gasteiger partial charge on any atom is -0.404 e. The predicted molar refractivity (Wildman–Crippen MR) is 91.7 cm³/mol.